The Labute approximate surface area is 155 Å². The van der Waals surface area contributed by atoms with E-state index >= 15 is 0 Å². The second kappa shape index (κ2) is 7.68. The first kappa shape index (κ1) is 18.7. The first-order valence-electron chi connectivity index (χ1n) is 8.81. The van der Waals surface area contributed by atoms with Crippen LogP contribution in [0.5, 0.6) is 17.2 Å². The fourth-order valence-electron chi connectivity index (χ4n) is 3.46. The lowest BCUT2D eigenvalue weighted by atomic mass is 9.94. The molecule has 0 spiro atoms. The van der Waals surface area contributed by atoms with E-state index in [1.54, 1.807) is 41.7 Å². The number of rotatable bonds is 5. The zero-order valence-electron chi connectivity index (χ0n) is 15.4. The number of nitrogens with zero attached hydrogens (tertiary/aromatic N) is 1. The van der Waals surface area contributed by atoms with Gasteiger partial charge in [0.15, 0.2) is 11.5 Å². The van der Waals surface area contributed by atoms with Gasteiger partial charge in [0, 0.05) is 13.1 Å². The maximum atomic E-state index is 12.9. The zero-order chi connectivity index (χ0) is 18.7. The van der Waals surface area contributed by atoms with Crippen LogP contribution in [0.15, 0.2) is 53.4 Å². The Bertz CT molecular complexity index is 838. The van der Waals surface area contributed by atoms with Crippen molar-refractivity contribution < 1.29 is 17.9 Å². The van der Waals surface area contributed by atoms with Crippen molar-refractivity contribution in [3.05, 3.63) is 48.5 Å². The number of benzene rings is 2. The van der Waals surface area contributed by atoms with Crippen molar-refractivity contribution in [2.45, 2.75) is 25.2 Å². The molecule has 1 aliphatic heterocycles. The van der Waals surface area contributed by atoms with E-state index in [0.717, 1.165) is 6.42 Å². The monoisotopic (exact) mass is 375 g/mol. The summed E-state index contributed by atoms with van der Waals surface area (Å²) in [5, 5.41) is 0. The first-order valence-corrected chi connectivity index (χ1v) is 10.2. The zero-order valence-corrected chi connectivity index (χ0v) is 16.2. The molecule has 2 aromatic rings. The van der Waals surface area contributed by atoms with Crippen molar-refractivity contribution in [1.29, 1.82) is 0 Å². The van der Waals surface area contributed by atoms with Gasteiger partial charge in [-0.25, -0.2) is 8.42 Å². The highest BCUT2D eigenvalue weighted by Crippen LogP contribution is 2.32. The van der Waals surface area contributed by atoms with E-state index in [1.807, 2.05) is 18.2 Å². The molecule has 0 bridgehead atoms. The number of hydrogen-bond acceptors (Lipinski definition) is 4. The Hall–Kier alpha value is -2.05. The molecule has 2 atom stereocenters. The number of para-hydroxylation sites is 2. The summed E-state index contributed by atoms with van der Waals surface area (Å²) >= 11 is 0. The molecule has 2 unspecified atom stereocenters. The van der Waals surface area contributed by atoms with Crippen molar-refractivity contribution in [3.8, 4) is 17.2 Å². The van der Waals surface area contributed by atoms with Crippen LogP contribution in [0, 0.1) is 11.8 Å². The van der Waals surface area contributed by atoms with Crippen LogP contribution in [-0.4, -0.2) is 32.9 Å². The molecule has 0 amide bonds. The summed E-state index contributed by atoms with van der Waals surface area (Å²) < 4.78 is 38.5. The highest BCUT2D eigenvalue weighted by molar-refractivity contribution is 7.89. The highest BCUT2D eigenvalue weighted by atomic mass is 32.2. The summed E-state index contributed by atoms with van der Waals surface area (Å²) in [6.07, 6.45) is 1.07. The van der Waals surface area contributed by atoms with Crippen molar-refractivity contribution in [3.63, 3.8) is 0 Å². The largest absolute Gasteiger partial charge is 0.493 e. The predicted molar refractivity (Wildman–Crippen MR) is 101 cm³/mol. The molecule has 0 saturated carbocycles. The number of methoxy groups -OCH3 is 1. The average molecular weight is 375 g/mol. The number of piperidine rings is 1. The summed E-state index contributed by atoms with van der Waals surface area (Å²) in [5.41, 5.74) is 0. The van der Waals surface area contributed by atoms with Crippen LogP contribution in [0.25, 0.3) is 0 Å². The molecule has 3 rings (SSSR count). The first-order chi connectivity index (χ1) is 12.4. The molecule has 1 heterocycles. The molecule has 26 heavy (non-hydrogen) atoms. The van der Waals surface area contributed by atoms with Crippen LogP contribution in [-0.2, 0) is 10.0 Å². The maximum Gasteiger partial charge on any atom is 0.243 e. The fourth-order valence-corrected chi connectivity index (χ4v) is 5.14. The van der Waals surface area contributed by atoms with Gasteiger partial charge in [0.25, 0.3) is 0 Å². The molecule has 5 nitrogen and oxygen atoms in total. The van der Waals surface area contributed by atoms with E-state index in [0.29, 0.717) is 47.1 Å². The van der Waals surface area contributed by atoms with Gasteiger partial charge in [-0.15, -0.1) is 0 Å². The van der Waals surface area contributed by atoms with Crippen molar-refractivity contribution in [2.24, 2.45) is 11.8 Å². The van der Waals surface area contributed by atoms with E-state index in [9.17, 15) is 8.42 Å². The van der Waals surface area contributed by atoms with Crippen molar-refractivity contribution >= 4 is 10.0 Å². The predicted octanol–water partition coefficient (Wildman–Crippen LogP) is 4.15. The lowest BCUT2D eigenvalue weighted by Crippen LogP contribution is -2.42. The van der Waals surface area contributed by atoms with Crippen LogP contribution in [0.2, 0.25) is 0 Å². The van der Waals surface area contributed by atoms with E-state index in [-0.39, 0.29) is 0 Å². The van der Waals surface area contributed by atoms with Crippen LogP contribution < -0.4 is 9.47 Å². The summed E-state index contributed by atoms with van der Waals surface area (Å²) in [6, 6.07) is 13.9. The number of ether oxygens (including phenoxy) is 2. The quantitative estimate of drug-likeness (QED) is 0.788. The summed E-state index contributed by atoms with van der Waals surface area (Å²) in [5.74, 6) is 2.53. The Morgan fingerprint density at radius 2 is 1.50 bits per heavy atom. The van der Waals surface area contributed by atoms with Crippen molar-refractivity contribution in [2.75, 3.05) is 20.2 Å². The van der Waals surface area contributed by atoms with E-state index in [2.05, 4.69) is 13.8 Å². The minimum Gasteiger partial charge on any atom is -0.493 e. The molecule has 0 aliphatic carbocycles. The molecule has 2 aromatic carbocycles. The Morgan fingerprint density at radius 3 is 2.08 bits per heavy atom. The second-order valence-corrected chi connectivity index (χ2v) is 8.93. The second-order valence-electron chi connectivity index (χ2n) is 6.99. The van der Waals surface area contributed by atoms with Gasteiger partial charge in [-0.05, 0) is 54.7 Å². The standard InChI is InChI=1S/C20H25NO4S/c1-15-12-16(2)14-21(13-15)26(22,23)18-10-8-17(9-11-18)25-20-7-5-4-6-19(20)24-3/h4-11,15-16H,12-14H2,1-3H3. The molecular formula is C20H25NO4S. The van der Waals surface area contributed by atoms with E-state index in [1.165, 1.54) is 0 Å². The van der Waals surface area contributed by atoms with Crippen LogP contribution in [0.1, 0.15) is 20.3 Å². The van der Waals surface area contributed by atoms with Gasteiger partial charge in [0.1, 0.15) is 5.75 Å². The van der Waals surface area contributed by atoms with Gasteiger partial charge in [-0.3, -0.25) is 0 Å². The third-order valence-corrected chi connectivity index (χ3v) is 6.44. The third-order valence-electron chi connectivity index (χ3n) is 4.59. The smallest absolute Gasteiger partial charge is 0.243 e. The van der Waals surface area contributed by atoms with Gasteiger partial charge < -0.3 is 9.47 Å². The molecule has 0 radical (unpaired) electrons. The Balaban J connectivity index is 1.78. The van der Waals surface area contributed by atoms with Gasteiger partial charge in [0.2, 0.25) is 10.0 Å². The highest BCUT2D eigenvalue weighted by Gasteiger charge is 2.31. The summed E-state index contributed by atoms with van der Waals surface area (Å²) in [7, 11) is -1.90. The Kier molecular flexibility index (Phi) is 5.53. The average Bonchev–Trinajstić information content (AvgIpc) is 2.62. The summed E-state index contributed by atoms with van der Waals surface area (Å²) in [6.45, 7) is 5.35. The molecule has 1 fully saturated rings. The van der Waals surface area contributed by atoms with E-state index < -0.39 is 10.0 Å². The molecule has 0 N–H and O–H groups in total. The SMILES string of the molecule is COc1ccccc1Oc1ccc(S(=O)(=O)N2CC(C)CC(C)C2)cc1. The lowest BCUT2D eigenvalue weighted by molar-refractivity contribution is 0.222. The topological polar surface area (TPSA) is 55.8 Å². The van der Waals surface area contributed by atoms with Gasteiger partial charge in [-0.1, -0.05) is 26.0 Å². The molecule has 0 aromatic heterocycles. The van der Waals surface area contributed by atoms with Crippen LogP contribution in [0.3, 0.4) is 0 Å². The molecule has 140 valence electrons. The minimum atomic E-state index is -3.48. The van der Waals surface area contributed by atoms with Gasteiger partial charge in [-0.2, -0.15) is 4.31 Å². The van der Waals surface area contributed by atoms with Crippen LogP contribution in [0.4, 0.5) is 0 Å². The van der Waals surface area contributed by atoms with Crippen LogP contribution >= 0.6 is 0 Å². The lowest BCUT2D eigenvalue weighted by Gasteiger charge is -2.34. The van der Waals surface area contributed by atoms with Crippen molar-refractivity contribution in [1.82, 2.24) is 4.31 Å². The third kappa shape index (κ3) is 4.02. The maximum absolute atomic E-state index is 12.9. The molecular weight excluding hydrogens is 350 g/mol. The molecule has 1 saturated heterocycles. The van der Waals surface area contributed by atoms with Gasteiger partial charge in [0.05, 0.1) is 12.0 Å². The summed E-state index contributed by atoms with van der Waals surface area (Å²) in [4.78, 5) is 0.297. The number of sulfonamides is 1. The fraction of sp³-hybridized carbons (Fsp3) is 0.400. The Morgan fingerprint density at radius 1 is 0.923 bits per heavy atom. The van der Waals surface area contributed by atoms with Gasteiger partial charge >= 0.3 is 0 Å². The molecule has 6 heteroatoms. The minimum absolute atomic E-state index is 0.297. The molecule has 1 aliphatic rings. The number of hydrogen-bond donors (Lipinski definition) is 0. The normalized spacial score (nSPS) is 21.3. The van der Waals surface area contributed by atoms with E-state index in [4.69, 9.17) is 9.47 Å².